The number of hydrogen-bond donors (Lipinski definition) is 0. The molecular weight excluding hydrogens is 260 g/mol. The lowest BCUT2D eigenvalue weighted by Gasteiger charge is -2.21. The van der Waals surface area contributed by atoms with Crippen LogP contribution in [0.15, 0.2) is 27.8 Å². The highest BCUT2D eigenvalue weighted by Gasteiger charge is 2.39. The van der Waals surface area contributed by atoms with Crippen molar-refractivity contribution in [3.8, 4) is 0 Å². The Hall–Kier alpha value is -1.10. The third-order valence-corrected chi connectivity index (χ3v) is 3.04. The Kier molecular flexibility index (Phi) is 2.65. The minimum atomic E-state index is -0.335. The lowest BCUT2D eigenvalue weighted by Crippen LogP contribution is -2.38. The monoisotopic (exact) mass is 270 g/mol. The van der Waals surface area contributed by atoms with Crippen molar-refractivity contribution >= 4 is 27.6 Å². The van der Waals surface area contributed by atoms with Crippen LogP contribution in [0.5, 0.6) is 0 Å². The van der Waals surface area contributed by atoms with Gasteiger partial charge < -0.3 is 4.74 Å². The Morgan fingerprint density at radius 2 is 2.40 bits per heavy atom. The molecule has 2 unspecified atom stereocenters. The molecule has 15 heavy (non-hydrogen) atoms. The van der Waals surface area contributed by atoms with E-state index in [4.69, 9.17) is 4.74 Å². The molecular formula is C10H11BrN2O2. The molecule has 0 spiro atoms. The maximum atomic E-state index is 11.6. The zero-order chi connectivity index (χ0) is 11.0. The summed E-state index contributed by atoms with van der Waals surface area (Å²) in [5.74, 6) is -0.249. The summed E-state index contributed by atoms with van der Waals surface area (Å²) in [6.45, 7) is 0. The summed E-state index contributed by atoms with van der Waals surface area (Å²) in [5.41, 5.74) is 0.891. The van der Waals surface area contributed by atoms with Crippen molar-refractivity contribution in [3.63, 3.8) is 0 Å². The van der Waals surface area contributed by atoms with E-state index < -0.39 is 0 Å². The van der Waals surface area contributed by atoms with Crippen LogP contribution in [0.1, 0.15) is 0 Å². The fourth-order valence-electron chi connectivity index (χ4n) is 1.84. The van der Waals surface area contributed by atoms with Crippen molar-refractivity contribution < 1.29 is 9.53 Å². The van der Waals surface area contributed by atoms with Gasteiger partial charge in [0.05, 0.1) is 18.7 Å². The minimum Gasteiger partial charge on any atom is -0.467 e. The van der Waals surface area contributed by atoms with Crippen LogP contribution in [0.4, 0.5) is 0 Å². The fraction of sp³-hybridized carbons (Fsp3) is 0.400. The second kappa shape index (κ2) is 3.81. The smallest absolute Gasteiger partial charge is 0.331 e. The molecule has 80 valence electrons. The molecule has 4 nitrogen and oxygen atoms in total. The van der Waals surface area contributed by atoms with Crippen molar-refractivity contribution in [2.75, 3.05) is 14.2 Å². The van der Waals surface area contributed by atoms with Crippen LogP contribution in [-0.2, 0) is 9.53 Å². The standard InChI is InChI=1S/C10H11BrN2O2/c1-13-9(10(14)15-2)7-4-3-6(11)5-8(7)12-13/h3-5,7,9H,1-2H3. The largest absolute Gasteiger partial charge is 0.467 e. The van der Waals surface area contributed by atoms with Crippen molar-refractivity contribution in [2.24, 2.45) is 11.0 Å². The summed E-state index contributed by atoms with van der Waals surface area (Å²) in [6, 6.07) is -0.335. The summed E-state index contributed by atoms with van der Waals surface area (Å²) in [6.07, 6.45) is 5.82. The van der Waals surface area contributed by atoms with E-state index in [0.29, 0.717) is 0 Å². The number of hydrazone groups is 1. The van der Waals surface area contributed by atoms with Crippen molar-refractivity contribution in [1.29, 1.82) is 0 Å². The molecule has 2 atom stereocenters. The number of likely N-dealkylation sites (N-methyl/N-ethyl adjacent to an activating group) is 1. The molecule has 0 bridgehead atoms. The molecule has 0 amide bonds. The van der Waals surface area contributed by atoms with E-state index in [-0.39, 0.29) is 17.9 Å². The average molecular weight is 271 g/mol. The van der Waals surface area contributed by atoms with Gasteiger partial charge in [-0.3, -0.25) is 5.01 Å². The molecule has 0 aromatic heterocycles. The highest BCUT2D eigenvalue weighted by molar-refractivity contribution is 9.11. The third kappa shape index (κ3) is 1.71. The summed E-state index contributed by atoms with van der Waals surface area (Å²) in [5, 5.41) is 5.95. The molecule has 1 aliphatic carbocycles. The van der Waals surface area contributed by atoms with Crippen LogP contribution < -0.4 is 0 Å². The predicted molar refractivity (Wildman–Crippen MR) is 60.6 cm³/mol. The predicted octanol–water partition coefficient (Wildman–Crippen LogP) is 1.29. The first kappa shape index (κ1) is 10.4. The van der Waals surface area contributed by atoms with Gasteiger partial charge in [0.15, 0.2) is 6.04 Å². The summed E-state index contributed by atoms with van der Waals surface area (Å²) >= 11 is 3.38. The third-order valence-electron chi connectivity index (χ3n) is 2.55. The normalized spacial score (nSPS) is 28.3. The summed E-state index contributed by atoms with van der Waals surface area (Å²) in [7, 11) is 3.18. The average Bonchev–Trinajstić information content (AvgIpc) is 2.52. The molecule has 2 aliphatic rings. The van der Waals surface area contributed by atoms with Crippen LogP contribution in [0.25, 0.3) is 0 Å². The molecule has 1 heterocycles. The van der Waals surface area contributed by atoms with E-state index in [1.807, 2.05) is 18.2 Å². The van der Waals surface area contributed by atoms with Gasteiger partial charge >= 0.3 is 5.97 Å². The topological polar surface area (TPSA) is 41.9 Å². The van der Waals surface area contributed by atoms with Crippen molar-refractivity contribution in [3.05, 3.63) is 22.7 Å². The molecule has 1 aliphatic heterocycles. The minimum absolute atomic E-state index is 0.00347. The first-order valence-electron chi connectivity index (χ1n) is 4.58. The van der Waals surface area contributed by atoms with E-state index in [2.05, 4.69) is 21.0 Å². The molecule has 0 aromatic carbocycles. The SMILES string of the molecule is COC(=O)C1C2C=CC(Br)=CC2=NN1C. The number of allylic oxidation sites excluding steroid dienone is 3. The maximum absolute atomic E-state index is 11.6. The number of esters is 1. The van der Waals surface area contributed by atoms with Gasteiger partial charge in [0.1, 0.15) is 0 Å². The van der Waals surface area contributed by atoms with Gasteiger partial charge in [-0.25, -0.2) is 4.79 Å². The molecule has 5 heteroatoms. The Morgan fingerprint density at radius 1 is 1.67 bits per heavy atom. The number of nitrogens with zero attached hydrogens (tertiary/aromatic N) is 2. The highest BCUT2D eigenvalue weighted by atomic mass is 79.9. The van der Waals surface area contributed by atoms with Crippen LogP contribution in [0, 0.1) is 5.92 Å². The molecule has 0 radical (unpaired) electrons. The second-order valence-electron chi connectivity index (χ2n) is 3.48. The molecule has 0 fully saturated rings. The highest BCUT2D eigenvalue weighted by Crippen LogP contribution is 2.29. The van der Waals surface area contributed by atoms with E-state index in [0.717, 1.165) is 10.2 Å². The molecule has 0 N–H and O–H groups in total. The lowest BCUT2D eigenvalue weighted by molar-refractivity contribution is -0.146. The van der Waals surface area contributed by atoms with Crippen molar-refractivity contribution in [1.82, 2.24) is 5.01 Å². The number of halogens is 1. The van der Waals surface area contributed by atoms with Gasteiger partial charge in [-0.15, -0.1) is 0 Å². The van der Waals surface area contributed by atoms with Crippen LogP contribution in [0.2, 0.25) is 0 Å². The first-order valence-corrected chi connectivity index (χ1v) is 5.37. The second-order valence-corrected chi connectivity index (χ2v) is 4.40. The molecule has 2 rings (SSSR count). The zero-order valence-corrected chi connectivity index (χ0v) is 10.1. The van der Waals surface area contributed by atoms with Crippen LogP contribution in [0.3, 0.4) is 0 Å². The Balaban J connectivity index is 2.28. The van der Waals surface area contributed by atoms with E-state index in [9.17, 15) is 4.79 Å². The van der Waals surface area contributed by atoms with Gasteiger partial charge in [0, 0.05) is 11.5 Å². The van der Waals surface area contributed by atoms with Gasteiger partial charge in [0.2, 0.25) is 0 Å². The van der Waals surface area contributed by atoms with Crippen LogP contribution >= 0.6 is 15.9 Å². The number of ether oxygens (including phenoxy) is 1. The fourth-order valence-corrected chi connectivity index (χ4v) is 2.23. The van der Waals surface area contributed by atoms with Gasteiger partial charge in [0.25, 0.3) is 0 Å². The number of carbonyl (C=O) groups excluding carboxylic acids is 1. The van der Waals surface area contributed by atoms with Gasteiger partial charge in [-0.2, -0.15) is 5.10 Å². The number of fused-ring (bicyclic) bond motifs is 1. The van der Waals surface area contributed by atoms with Gasteiger partial charge in [-0.05, 0) is 6.08 Å². The van der Waals surface area contributed by atoms with Crippen molar-refractivity contribution in [2.45, 2.75) is 6.04 Å². The Bertz CT molecular complexity index is 387. The maximum Gasteiger partial charge on any atom is 0.331 e. The zero-order valence-electron chi connectivity index (χ0n) is 8.48. The summed E-state index contributed by atoms with van der Waals surface area (Å²) in [4.78, 5) is 11.6. The van der Waals surface area contributed by atoms with E-state index in [1.54, 1.807) is 12.1 Å². The number of rotatable bonds is 1. The van der Waals surface area contributed by atoms with E-state index in [1.165, 1.54) is 7.11 Å². The number of carbonyl (C=O) groups is 1. The number of hydrogen-bond acceptors (Lipinski definition) is 4. The summed E-state index contributed by atoms with van der Waals surface area (Å²) < 4.78 is 5.73. The molecule has 0 saturated heterocycles. The van der Waals surface area contributed by atoms with E-state index >= 15 is 0 Å². The Labute approximate surface area is 96.4 Å². The lowest BCUT2D eigenvalue weighted by atomic mass is 9.92. The quantitative estimate of drug-likeness (QED) is 0.675. The van der Waals surface area contributed by atoms with Gasteiger partial charge in [-0.1, -0.05) is 28.1 Å². The Morgan fingerprint density at radius 3 is 3.07 bits per heavy atom. The molecule has 0 saturated carbocycles. The number of methoxy groups -OCH3 is 1. The molecule has 0 aromatic rings. The first-order chi connectivity index (χ1) is 7.13. The van der Waals surface area contributed by atoms with Crippen LogP contribution in [-0.4, -0.2) is 36.9 Å².